The fourth-order valence-corrected chi connectivity index (χ4v) is 1.83. The number of aromatic nitrogens is 2. The molecule has 2 aromatic heterocycles. The Kier molecular flexibility index (Phi) is 1.39. The van der Waals surface area contributed by atoms with Crippen molar-refractivity contribution in [1.29, 1.82) is 0 Å². The first kappa shape index (κ1) is 7.56. The molecule has 0 aliphatic carbocycles. The molecule has 0 aliphatic rings. The van der Waals surface area contributed by atoms with Crippen molar-refractivity contribution in [2.75, 3.05) is 0 Å². The maximum Gasteiger partial charge on any atom is 0.0934 e. The van der Waals surface area contributed by atoms with Gasteiger partial charge in [-0.15, -0.1) is 0 Å². The molecule has 0 radical (unpaired) electrons. The first-order chi connectivity index (χ1) is 6.86. The van der Waals surface area contributed by atoms with E-state index in [-0.39, 0.29) is 0 Å². The second-order valence-corrected chi connectivity index (χ2v) is 3.48. The van der Waals surface area contributed by atoms with Crippen LogP contribution in [0.5, 0.6) is 0 Å². The van der Waals surface area contributed by atoms with Gasteiger partial charge in [0.05, 0.1) is 11.0 Å². The van der Waals surface area contributed by atoms with Gasteiger partial charge in [-0.1, -0.05) is 24.3 Å². The standard InChI is InChI=1S/C12H10N2/c1-9-5-4-8-12-10-6-2-3-7-11(10)13-14(9)12/h2-8H,1H3. The molecule has 0 bridgehead atoms. The smallest absolute Gasteiger partial charge is 0.0934 e. The maximum atomic E-state index is 4.53. The molecule has 3 rings (SSSR count). The van der Waals surface area contributed by atoms with Crippen LogP contribution in [-0.4, -0.2) is 9.61 Å². The number of hydrogen-bond donors (Lipinski definition) is 0. The summed E-state index contributed by atoms with van der Waals surface area (Å²) < 4.78 is 1.99. The zero-order valence-electron chi connectivity index (χ0n) is 7.94. The van der Waals surface area contributed by atoms with E-state index in [0.717, 1.165) is 5.52 Å². The molecule has 2 heteroatoms. The van der Waals surface area contributed by atoms with Gasteiger partial charge in [-0.25, -0.2) is 4.52 Å². The highest BCUT2D eigenvalue weighted by molar-refractivity contribution is 5.94. The summed E-state index contributed by atoms with van der Waals surface area (Å²) in [5.74, 6) is 0. The summed E-state index contributed by atoms with van der Waals surface area (Å²) in [6.07, 6.45) is 0. The third-order valence-electron chi connectivity index (χ3n) is 2.54. The highest BCUT2D eigenvalue weighted by atomic mass is 15.2. The Bertz CT molecular complexity index is 608. The summed E-state index contributed by atoms with van der Waals surface area (Å²) in [5, 5.41) is 5.75. The zero-order chi connectivity index (χ0) is 9.54. The van der Waals surface area contributed by atoms with E-state index in [1.165, 1.54) is 16.6 Å². The van der Waals surface area contributed by atoms with Crippen LogP contribution < -0.4 is 0 Å². The number of fused-ring (bicyclic) bond motifs is 3. The molecule has 2 heterocycles. The van der Waals surface area contributed by atoms with Crippen molar-refractivity contribution in [3.8, 4) is 0 Å². The Morgan fingerprint density at radius 1 is 1.00 bits per heavy atom. The van der Waals surface area contributed by atoms with Crippen LogP contribution in [0.3, 0.4) is 0 Å². The van der Waals surface area contributed by atoms with Crippen molar-refractivity contribution >= 4 is 16.4 Å². The van der Waals surface area contributed by atoms with Crippen molar-refractivity contribution < 1.29 is 0 Å². The molecular formula is C12H10N2. The van der Waals surface area contributed by atoms with E-state index < -0.39 is 0 Å². The lowest BCUT2D eigenvalue weighted by Crippen LogP contribution is -1.90. The average molecular weight is 182 g/mol. The number of nitrogens with zero attached hydrogens (tertiary/aromatic N) is 2. The van der Waals surface area contributed by atoms with Crippen LogP contribution in [0.25, 0.3) is 16.4 Å². The lowest BCUT2D eigenvalue weighted by molar-refractivity contribution is 0.931. The molecule has 0 amide bonds. The summed E-state index contributed by atoms with van der Waals surface area (Å²) in [5.41, 5.74) is 3.40. The van der Waals surface area contributed by atoms with E-state index in [1.54, 1.807) is 0 Å². The summed E-state index contributed by atoms with van der Waals surface area (Å²) in [4.78, 5) is 0. The number of benzene rings is 1. The normalized spacial score (nSPS) is 11.2. The Hall–Kier alpha value is -1.83. The van der Waals surface area contributed by atoms with Crippen molar-refractivity contribution in [2.45, 2.75) is 6.92 Å². The van der Waals surface area contributed by atoms with Crippen LogP contribution in [0, 0.1) is 6.92 Å². The summed E-state index contributed by atoms with van der Waals surface area (Å²) in [6, 6.07) is 14.5. The molecule has 3 aromatic rings. The van der Waals surface area contributed by atoms with Gasteiger partial charge in [-0.3, -0.25) is 0 Å². The maximum absolute atomic E-state index is 4.53. The van der Waals surface area contributed by atoms with E-state index in [9.17, 15) is 0 Å². The largest absolute Gasteiger partial charge is 0.237 e. The van der Waals surface area contributed by atoms with Crippen LogP contribution >= 0.6 is 0 Å². The van der Waals surface area contributed by atoms with Gasteiger partial charge in [0.15, 0.2) is 0 Å². The van der Waals surface area contributed by atoms with Gasteiger partial charge in [-0.2, -0.15) is 5.10 Å². The molecule has 0 unspecified atom stereocenters. The number of hydrogen-bond acceptors (Lipinski definition) is 1. The number of rotatable bonds is 0. The van der Waals surface area contributed by atoms with Gasteiger partial charge < -0.3 is 0 Å². The third-order valence-corrected chi connectivity index (χ3v) is 2.54. The van der Waals surface area contributed by atoms with Crippen LogP contribution in [-0.2, 0) is 0 Å². The summed E-state index contributed by atoms with van der Waals surface area (Å²) in [7, 11) is 0. The van der Waals surface area contributed by atoms with Crippen LogP contribution in [0.2, 0.25) is 0 Å². The molecule has 68 valence electrons. The van der Waals surface area contributed by atoms with E-state index in [1.807, 2.05) is 22.7 Å². The molecule has 0 spiro atoms. The first-order valence-corrected chi connectivity index (χ1v) is 4.69. The molecule has 0 N–H and O–H groups in total. The zero-order valence-corrected chi connectivity index (χ0v) is 7.94. The lowest BCUT2D eigenvalue weighted by Gasteiger charge is -1.96. The molecule has 0 atom stereocenters. The van der Waals surface area contributed by atoms with Crippen molar-refractivity contribution in [2.24, 2.45) is 0 Å². The minimum atomic E-state index is 1.06. The average Bonchev–Trinajstić information content (AvgIpc) is 2.59. The Balaban J connectivity index is 2.63. The van der Waals surface area contributed by atoms with Gasteiger partial charge >= 0.3 is 0 Å². The molecule has 0 aliphatic heterocycles. The van der Waals surface area contributed by atoms with E-state index in [2.05, 4.69) is 36.3 Å². The fraction of sp³-hybridized carbons (Fsp3) is 0.0833. The summed E-state index contributed by atoms with van der Waals surface area (Å²) >= 11 is 0. The first-order valence-electron chi connectivity index (χ1n) is 4.69. The molecule has 0 fully saturated rings. The van der Waals surface area contributed by atoms with Gasteiger partial charge in [0.2, 0.25) is 0 Å². The highest BCUT2D eigenvalue weighted by Crippen LogP contribution is 2.19. The van der Waals surface area contributed by atoms with Crippen molar-refractivity contribution in [3.63, 3.8) is 0 Å². The summed E-state index contributed by atoms with van der Waals surface area (Å²) in [6.45, 7) is 2.07. The van der Waals surface area contributed by atoms with Gasteiger partial charge in [-0.05, 0) is 25.1 Å². The van der Waals surface area contributed by atoms with Crippen molar-refractivity contribution in [3.05, 3.63) is 48.2 Å². The molecule has 1 aromatic carbocycles. The number of aryl methyl sites for hydroxylation is 1. The predicted molar refractivity (Wildman–Crippen MR) is 57.4 cm³/mol. The second kappa shape index (κ2) is 2.58. The monoisotopic (exact) mass is 182 g/mol. The minimum absolute atomic E-state index is 1.06. The van der Waals surface area contributed by atoms with Crippen LogP contribution in [0.1, 0.15) is 5.69 Å². The SMILES string of the molecule is Cc1cccc2c3ccccc3nn12. The quantitative estimate of drug-likeness (QED) is 0.522. The van der Waals surface area contributed by atoms with Crippen LogP contribution in [0.15, 0.2) is 42.5 Å². The Morgan fingerprint density at radius 2 is 1.86 bits per heavy atom. The second-order valence-electron chi connectivity index (χ2n) is 3.48. The van der Waals surface area contributed by atoms with Gasteiger partial charge in [0.25, 0.3) is 0 Å². The van der Waals surface area contributed by atoms with E-state index >= 15 is 0 Å². The fourth-order valence-electron chi connectivity index (χ4n) is 1.83. The highest BCUT2D eigenvalue weighted by Gasteiger charge is 2.03. The molecule has 2 nitrogen and oxygen atoms in total. The topological polar surface area (TPSA) is 17.3 Å². The van der Waals surface area contributed by atoms with E-state index in [4.69, 9.17) is 0 Å². The molecule has 14 heavy (non-hydrogen) atoms. The van der Waals surface area contributed by atoms with Gasteiger partial charge in [0, 0.05) is 11.1 Å². The Morgan fingerprint density at radius 3 is 2.79 bits per heavy atom. The predicted octanol–water partition coefficient (Wildman–Crippen LogP) is 2.80. The minimum Gasteiger partial charge on any atom is -0.237 e. The molecule has 0 saturated heterocycles. The lowest BCUT2D eigenvalue weighted by atomic mass is 10.2. The third kappa shape index (κ3) is 0.880. The van der Waals surface area contributed by atoms with E-state index in [0.29, 0.717) is 0 Å². The molecular weight excluding hydrogens is 172 g/mol. The number of pyridine rings is 1. The van der Waals surface area contributed by atoms with Gasteiger partial charge in [0.1, 0.15) is 0 Å². The molecule has 0 saturated carbocycles. The van der Waals surface area contributed by atoms with Crippen molar-refractivity contribution in [1.82, 2.24) is 9.61 Å². The van der Waals surface area contributed by atoms with Crippen LogP contribution in [0.4, 0.5) is 0 Å². The Labute approximate surface area is 81.8 Å².